The summed E-state index contributed by atoms with van der Waals surface area (Å²) in [6, 6.07) is 2.96. The van der Waals surface area contributed by atoms with E-state index in [2.05, 4.69) is 20.7 Å². The normalized spacial score (nSPS) is 12.7. The first-order valence-electron chi connectivity index (χ1n) is 5.21. The third-order valence-electron chi connectivity index (χ3n) is 1.99. The molecule has 114 valence electrons. The summed E-state index contributed by atoms with van der Waals surface area (Å²) in [5, 5.41) is 0. The number of hydrogen-bond acceptors (Lipinski definition) is 3. The molecular weight excluding hydrogens is 370 g/mol. The van der Waals surface area contributed by atoms with E-state index in [-0.39, 0.29) is 15.9 Å². The molecule has 1 rings (SSSR count). The van der Waals surface area contributed by atoms with Gasteiger partial charge in [-0.1, -0.05) is 0 Å². The van der Waals surface area contributed by atoms with Crippen molar-refractivity contribution < 1.29 is 30.7 Å². The number of hydrogen-bond donors (Lipinski definition) is 1. The monoisotopic (exact) mass is 379 g/mol. The van der Waals surface area contributed by atoms with E-state index in [9.17, 15) is 26.0 Å². The van der Waals surface area contributed by atoms with Crippen molar-refractivity contribution in [3.63, 3.8) is 0 Å². The minimum absolute atomic E-state index is 0.0150. The highest BCUT2D eigenvalue weighted by molar-refractivity contribution is 9.10. The molecule has 1 aromatic rings. The fourth-order valence-electron chi connectivity index (χ4n) is 1.21. The first-order chi connectivity index (χ1) is 9.12. The zero-order valence-electron chi connectivity index (χ0n) is 9.88. The Morgan fingerprint density at radius 1 is 1.30 bits per heavy atom. The standard InChI is InChI=1S/C10H10BrF4NO3S/c11-8-5-7(12)1-2-9(8)20(17,18)16-3-4-19-6-10(13,14)15/h1-2,5,16H,3-4,6H2. The minimum atomic E-state index is -4.46. The number of nitrogens with one attached hydrogen (secondary N) is 1. The molecule has 0 amide bonds. The Bertz CT molecular complexity index is 562. The number of ether oxygens (including phenoxy) is 1. The smallest absolute Gasteiger partial charge is 0.371 e. The van der Waals surface area contributed by atoms with Gasteiger partial charge in [-0.3, -0.25) is 0 Å². The van der Waals surface area contributed by atoms with Crippen LogP contribution in [0.1, 0.15) is 0 Å². The number of sulfonamides is 1. The molecule has 0 saturated carbocycles. The fraction of sp³-hybridized carbons (Fsp3) is 0.400. The first kappa shape index (κ1) is 17.3. The molecule has 1 aromatic carbocycles. The van der Waals surface area contributed by atoms with E-state index in [4.69, 9.17) is 0 Å². The third kappa shape index (κ3) is 5.73. The van der Waals surface area contributed by atoms with Crippen LogP contribution in [-0.2, 0) is 14.8 Å². The van der Waals surface area contributed by atoms with E-state index in [1.165, 1.54) is 0 Å². The summed E-state index contributed by atoms with van der Waals surface area (Å²) in [5.74, 6) is -0.621. The summed E-state index contributed by atoms with van der Waals surface area (Å²) in [7, 11) is -3.95. The quantitative estimate of drug-likeness (QED) is 0.610. The van der Waals surface area contributed by atoms with E-state index < -0.39 is 35.2 Å². The van der Waals surface area contributed by atoms with Crippen LogP contribution in [0.4, 0.5) is 17.6 Å². The molecule has 0 bridgehead atoms. The molecule has 0 spiro atoms. The van der Waals surface area contributed by atoms with Gasteiger partial charge in [0, 0.05) is 11.0 Å². The van der Waals surface area contributed by atoms with Crippen LogP contribution in [0.5, 0.6) is 0 Å². The molecule has 4 nitrogen and oxygen atoms in total. The van der Waals surface area contributed by atoms with Gasteiger partial charge in [0.15, 0.2) is 0 Å². The first-order valence-corrected chi connectivity index (χ1v) is 7.49. The highest BCUT2D eigenvalue weighted by atomic mass is 79.9. The van der Waals surface area contributed by atoms with Gasteiger partial charge in [-0.15, -0.1) is 0 Å². The molecule has 0 aliphatic heterocycles. The summed E-state index contributed by atoms with van der Waals surface area (Å²) in [5.41, 5.74) is 0. The second kappa shape index (κ2) is 6.83. The molecule has 0 saturated heterocycles. The molecule has 0 aromatic heterocycles. The molecular formula is C10H10BrF4NO3S. The van der Waals surface area contributed by atoms with Crippen LogP contribution in [0.25, 0.3) is 0 Å². The highest BCUT2D eigenvalue weighted by Gasteiger charge is 2.27. The highest BCUT2D eigenvalue weighted by Crippen LogP contribution is 2.22. The van der Waals surface area contributed by atoms with Crippen molar-refractivity contribution in [2.24, 2.45) is 0 Å². The molecule has 10 heteroatoms. The third-order valence-corrected chi connectivity index (χ3v) is 4.43. The minimum Gasteiger partial charge on any atom is -0.371 e. The molecule has 0 radical (unpaired) electrons. The van der Waals surface area contributed by atoms with Gasteiger partial charge in [-0.25, -0.2) is 17.5 Å². The second-order valence-electron chi connectivity index (χ2n) is 3.64. The lowest BCUT2D eigenvalue weighted by atomic mass is 10.3. The molecule has 0 atom stereocenters. The van der Waals surface area contributed by atoms with Crippen LogP contribution in [-0.4, -0.2) is 34.4 Å². The SMILES string of the molecule is O=S(=O)(NCCOCC(F)(F)F)c1ccc(F)cc1Br. The van der Waals surface area contributed by atoms with E-state index in [0.29, 0.717) is 0 Å². The lowest BCUT2D eigenvalue weighted by Gasteiger charge is -2.10. The van der Waals surface area contributed by atoms with Crippen molar-refractivity contribution in [2.45, 2.75) is 11.1 Å². The molecule has 1 N–H and O–H groups in total. The average molecular weight is 380 g/mol. The summed E-state index contributed by atoms with van der Waals surface area (Å²) in [4.78, 5) is -0.213. The lowest BCUT2D eigenvalue weighted by Crippen LogP contribution is -2.29. The zero-order valence-corrected chi connectivity index (χ0v) is 12.3. The van der Waals surface area contributed by atoms with Gasteiger partial charge in [0.25, 0.3) is 0 Å². The largest absolute Gasteiger partial charge is 0.411 e. The summed E-state index contributed by atoms with van der Waals surface area (Å²) in [6.07, 6.45) is -4.46. The van der Waals surface area contributed by atoms with Crippen LogP contribution in [0.3, 0.4) is 0 Å². The van der Waals surface area contributed by atoms with Gasteiger partial charge >= 0.3 is 6.18 Å². The topological polar surface area (TPSA) is 55.4 Å². The second-order valence-corrected chi connectivity index (χ2v) is 6.23. The molecule has 0 heterocycles. The van der Waals surface area contributed by atoms with Crippen LogP contribution < -0.4 is 4.72 Å². The summed E-state index contributed by atoms with van der Waals surface area (Å²) < 4.78 is 78.0. The van der Waals surface area contributed by atoms with Gasteiger partial charge in [0.05, 0.1) is 11.5 Å². The Hall–Kier alpha value is -0.710. The predicted octanol–water partition coefficient (Wildman–Crippen LogP) is 2.45. The Balaban J connectivity index is 2.54. The Kier molecular flexibility index (Phi) is 5.92. The van der Waals surface area contributed by atoms with Gasteiger partial charge in [-0.05, 0) is 34.1 Å². The Labute approximate surface area is 121 Å². The van der Waals surface area contributed by atoms with Crippen LogP contribution in [0.15, 0.2) is 27.6 Å². The Morgan fingerprint density at radius 2 is 1.95 bits per heavy atom. The lowest BCUT2D eigenvalue weighted by molar-refractivity contribution is -0.173. The van der Waals surface area contributed by atoms with Gasteiger partial charge in [0.1, 0.15) is 12.4 Å². The molecule has 0 aliphatic carbocycles. The van der Waals surface area contributed by atoms with E-state index in [0.717, 1.165) is 18.2 Å². The van der Waals surface area contributed by atoms with Crippen molar-refractivity contribution in [2.75, 3.05) is 19.8 Å². The molecule has 0 aliphatic rings. The number of rotatable bonds is 6. The van der Waals surface area contributed by atoms with Gasteiger partial charge in [-0.2, -0.15) is 13.2 Å². The van der Waals surface area contributed by atoms with E-state index in [1.54, 1.807) is 0 Å². The van der Waals surface area contributed by atoms with Gasteiger partial charge < -0.3 is 4.74 Å². The number of alkyl halides is 3. The maximum Gasteiger partial charge on any atom is 0.411 e. The Morgan fingerprint density at radius 3 is 2.50 bits per heavy atom. The predicted molar refractivity (Wildman–Crippen MR) is 66.2 cm³/mol. The van der Waals surface area contributed by atoms with E-state index >= 15 is 0 Å². The van der Waals surface area contributed by atoms with Crippen molar-refractivity contribution in [1.29, 1.82) is 0 Å². The number of halogens is 5. The maximum absolute atomic E-state index is 12.8. The van der Waals surface area contributed by atoms with Gasteiger partial charge in [0.2, 0.25) is 10.0 Å². The summed E-state index contributed by atoms with van der Waals surface area (Å²) in [6.45, 7) is -2.21. The van der Waals surface area contributed by atoms with E-state index in [1.807, 2.05) is 4.72 Å². The van der Waals surface area contributed by atoms with Crippen molar-refractivity contribution in [1.82, 2.24) is 4.72 Å². The van der Waals surface area contributed by atoms with Crippen LogP contribution >= 0.6 is 15.9 Å². The molecule has 0 fully saturated rings. The van der Waals surface area contributed by atoms with Crippen molar-refractivity contribution in [3.8, 4) is 0 Å². The van der Waals surface area contributed by atoms with Crippen molar-refractivity contribution >= 4 is 26.0 Å². The molecule has 0 unspecified atom stereocenters. The average Bonchev–Trinajstić information content (AvgIpc) is 2.26. The van der Waals surface area contributed by atoms with Crippen LogP contribution in [0.2, 0.25) is 0 Å². The summed E-state index contributed by atoms with van der Waals surface area (Å²) >= 11 is 2.89. The van der Waals surface area contributed by atoms with Crippen LogP contribution in [0, 0.1) is 5.82 Å². The van der Waals surface area contributed by atoms with Crippen molar-refractivity contribution in [3.05, 3.63) is 28.5 Å². The zero-order chi connectivity index (χ0) is 15.4. The fourth-order valence-corrected chi connectivity index (χ4v) is 3.27. The molecule has 20 heavy (non-hydrogen) atoms. The maximum atomic E-state index is 12.8. The number of benzene rings is 1.